The molecule has 11 heteroatoms. The number of aliphatic hydroxyl groups excluding tert-OH is 3. The van der Waals surface area contributed by atoms with Crippen LogP contribution >= 0.6 is 0 Å². The lowest BCUT2D eigenvalue weighted by molar-refractivity contribution is -0.142. The molecule has 0 aromatic rings. The van der Waals surface area contributed by atoms with Crippen LogP contribution in [0.1, 0.15) is 27.7 Å². The molecule has 0 aromatic carbocycles. The third-order valence-corrected chi connectivity index (χ3v) is 2.29. The first-order valence-electron chi connectivity index (χ1n) is 9.54. The van der Waals surface area contributed by atoms with E-state index in [1.54, 1.807) is 6.92 Å². The third kappa shape index (κ3) is 56.2. The van der Waals surface area contributed by atoms with E-state index in [0.29, 0.717) is 32.8 Å². The second-order valence-corrected chi connectivity index (χ2v) is 5.96. The molecule has 0 rings (SSSR count). The molecular weight excluding hydrogens is 400 g/mol. The Kier molecular flexibility index (Phi) is 34.9. The molecule has 0 fully saturated rings. The van der Waals surface area contributed by atoms with Gasteiger partial charge in [-0.15, -0.1) is 0 Å². The molecule has 0 unspecified atom stereocenters. The second kappa shape index (κ2) is 29.4. The van der Waals surface area contributed by atoms with E-state index in [1.807, 2.05) is 30.9 Å². The van der Waals surface area contributed by atoms with Crippen molar-refractivity contribution in [2.24, 2.45) is 0 Å². The quantitative estimate of drug-likeness (QED) is 0.286. The van der Waals surface area contributed by atoms with E-state index in [9.17, 15) is 14.4 Å². The first-order chi connectivity index (χ1) is 14.0. The van der Waals surface area contributed by atoms with Gasteiger partial charge in [-0.2, -0.15) is 0 Å². The van der Waals surface area contributed by atoms with E-state index in [2.05, 4.69) is 9.47 Å². The fourth-order valence-corrected chi connectivity index (χ4v) is 1.33. The van der Waals surface area contributed by atoms with Gasteiger partial charge >= 0.3 is 17.9 Å². The Hall–Kier alpha value is -1.79. The molecule has 0 aliphatic rings. The number of nitrogens with zero attached hydrogens (tertiary/aromatic N) is 2. The Bertz CT molecular complexity index is 385. The van der Waals surface area contributed by atoms with Crippen LogP contribution < -0.4 is 0 Å². The van der Waals surface area contributed by atoms with Crippen LogP contribution in [-0.4, -0.2) is 123 Å². The number of ether oxygens (including phenoxy) is 3. The van der Waals surface area contributed by atoms with Crippen molar-refractivity contribution in [1.82, 2.24) is 9.80 Å². The fraction of sp³-hybridized carbons (Fsp3) is 0.842. The Balaban J connectivity index is -0.000000168. The first-order valence-corrected chi connectivity index (χ1v) is 9.54. The highest BCUT2D eigenvalue weighted by molar-refractivity contribution is 5.66. The number of aliphatic hydroxyl groups is 3. The molecule has 0 saturated carbocycles. The lowest BCUT2D eigenvalue weighted by Crippen LogP contribution is -2.33. The van der Waals surface area contributed by atoms with Crippen LogP contribution in [0.5, 0.6) is 0 Å². The largest absolute Gasteiger partial charge is 0.466 e. The lowest BCUT2D eigenvalue weighted by atomic mass is 10.4. The standard InChI is InChI=1S/C8H17NO4.C4H8O3.C4H8O2.C3H9N/c1-8(12)13-7-4-9(2-5-10)3-6-11;1-4(6)7-3-2-5;1-3-6-4(2)5;1-4(2)3/h10-11H,2-7H2,1H3;5H,2-3H2,1H3;3H2,1-2H3;1-3H3. The van der Waals surface area contributed by atoms with E-state index < -0.39 is 0 Å². The van der Waals surface area contributed by atoms with Crippen LogP contribution in [-0.2, 0) is 28.6 Å². The van der Waals surface area contributed by atoms with Gasteiger partial charge in [0.1, 0.15) is 13.2 Å². The van der Waals surface area contributed by atoms with Crippen LogP contribution in [0.15, 0.2) is 0 Å². The smallest absolute Gasteiger partial charge is 0.302 e. The van der Waals surface area contributed by atoms with E-state index in [1.165, 1.54) is 20.8 Å². The maximum atomic E-state index is 10.4. The highest BCUT2D eigenvalue weighted by Gasteiger charge is 2.03. The number of esters is 3. The Morgan fingerprint density at radius 2 is 1.03 bits per heavy atom. The van der Waals surface area contributed by atoms with Gasteiger partial charge in [-0.25, -0.2) is 0 Å². The average Bonchev–Trinajstić information content (AvgIpc) is 2.60. The molecule has 182 valence electrons. The highest BCUT2D eigenvalue weighted by Crippen LogP contribution is 1.87. The number of hydrogen-bond acceptors (Lipinski definition) is 11. The minimum absolute atomic E-state index is 0.0417. The summed E-state index contributed by atoms with van der Waals surface area (Å²) >= 11 is 0. The van der Waals surface area contributed by atoms with Crippen molar-refractivity contribution in [2.75, 3.05) is 80.4 Å². The predicted octanol–water partition coefficient (Wildman–Crippen LogP) is -0.875. The van der Waals surface area contributed by atoms with Crippen molar-refractivity contribution in [1.29, 1.82) is 0 Å². The summed E-state index contributed by atoms with van der Waals surface area (Å²) in [6.45, 7) is 8.22. The van der Waals surface area contributed by atoms with Crippen molar-refractivity contribution in [3.63, 3.8) is 0 Å². The monoisotopic (exact) mass is 442 g/mol. The second-order valence-electron chi connectivity index (χ2n) is 5.96. The molecule has 3 N–H and O–H groups in total. The molecule has 0 amide bonds. The molecule has 11 nitrogen and oxygen atoms in total. The summed E-state index contributed by atoms with van der Waals surface area (Å²) in [4.78, 5) is 33.9. The zero-order valence-corrected chi connectivity index (χ0v) is 19.5. The van der Waals surface area contributed by atoms with Crippen molar-refractivity contribution < 1.29 is 43.9 Å². The third-order valence-electron chi connectivity index (χ3n) is 2.29. The maximum absolute atomic E-state index is 10.4. The Labute approximate surface area is 180 Å². The minimum Gasteiger partial charge on any atom is -0.466 e. The fourth-order valence-electron chi connectivity index (χ4n) is 1.33. The summed E-state index contributed by atoms with van der Waals surface area (Å²) in [7, 11) is 6.00. The lowest BCUT2D eigenvalue weighted by Gasteiger charge is -2.19. The average molecular weight is 443 g/mol. The highest BCUT2D eigenvalue weighted by atomic mass is 16.5. The van der Waals surface area contributed by atoms with Gasteiger partial charge in [-0.05, 0) is 28.1 Å². The molecule has 0 bridgehead atoms. The van der Waals surface area contributed by atoms with E-state index in [0.717, 1.165) is 0 Å². The summed E-state index contributed by atoms with van der Waals surface area (Å²) in [5, 5.41) is 25.3. The van der Waals surface area contributed by atoms with Gasteiger partial charge in [-0.1, -0.05) is 0 Å². The summed E-state index contributed by atoms with van der Waals surface area (Å²) in [6.07, 6.45) is 0. The molecule has 0 heterocycles. The van der Waals surface area contributed by atoms with Crippen LogP contribution in [0.4, 0.5) is 0 Å². The summed E-state index contributed by atoms with van der Waals surface area (Å²) in [6, 6.07) is 0. The Morgan fingerprint density at radius 1 is 0.667 bits per heavy atom. The van der Waals surface area contributed by atoms with Gasteiger partial charge in [-0.3, -0.25) is 19.3 Å². The van der Waals surface area contributed by atoms with Gasteiger partial charge < -0.3 is 34.4 Å². The van der Waals surface area contributed by atoms with Gasteiger partial charge in [0.2, 0.25) is 0 Å². The molecular formula is C19H42N2O9. The summed E-state index contributed by atoms with van der Waals surface area (Å²) < 4.78 is 13.4. The molecule has 0 aliphatic carbocycles. The van der Waals surface area contributed by atoms with Crippen LogP contribution in [0.2, 0.25) is 0 Å². The Morgan fingerprint density at radius 3 is 1.23 bits per heavy atom. The van der Waals surface area contributed by atoms with Crippen LogP contribution in [0, 0.1) is 0 Å². The number of carbonyl (C=O) groups excluding carboxylic acids is 3. The molecule has 0 spiro atoms. The molecule has 0 aliphatic heterocycles. The van der Waals surface area contributed by atoms with E-state index in [4.69, 9.17) is 20.1 Å². The van der Waals surface area contributed by atoms with Gasteiger partial charge in [0, 0.05) is 40.4 Å². The van der Waals surface area contributed by atoms with E-state index in [-0.39, 0.29) is 44.3 Å². The SMILES string of the molecule is CC(=O)OCCN(CCO)CCO.CC(=O)OCCO.CCOC(C)=O.CN(C)C. The molecule has 0 saturated heterocycles. The van der Waals surface area contributed by atoms with Crippen molar-refractivity contribution in [2.45, 2.75) is 27.7 Å². The van der Waals surface area contributed by atoms with Gasteiger partial charge in [0.25, 0.3) is 0 Å². The van der Waals surface area contributed by atoms with Crippen molar-refractivity contribution in [3.8, 4) is 0 Å². The normalized spacial score (nSPS) is 9.20. The zero-order valence-electron chi connectivity index (χ0n) is 19.5. The van der Waals surface area contributed by atoms with Crippen LogP contribution in [0.25, 0.3) is 0 Å². The summed E-state index contributed by atoms with van der Waals surface area (Å²) in [5.74, 6) is -0.875. The molecule has 0 radical (unpaired) electrons. The van der Waals surface area contributed by atoms with Gasteiger partial charge in [0.15, 0.2) is 0 Å². The summed E-state index contributed by atoms with van der Waals surface area (Å²) in [5.41, 5.74) is 0. The molecule has 0 aromatic heterocycles. The minimum atomic E-state index is -0.353. The maximum Gasteiger partial charge on any atom is 0.302 e. The number of rotatable bonds is 10. The molecule has 0 atom stereocenters. The van der Waals surface area contributed by atoms with Crippen LogP contribution in [0.3, 0.4) is 0 Å². The topological polar surface area (TPSA) is 146 Å². The van der Waals surface area contributed by atoms with Gasteiger partial charge in [0.05, 0.1) is 26.4 Å². The van der Waals surface area contributed by atoms with Crippen molar-refractivity contribution >= 4 is 17.9 Å². The van der Waals surface area contributed by atoms with E-state index >= 15 is 0 Å². The first kappa shape index (κ1) is 35.6. The predicted molar refractivity (Wildman–Crippen MR) is 113 cm³/mol. The number of carbonyl (C=O) groups is 3. The number of hydrogen-bond donors (Lipinski definition) is 3. The molecule has 30 heavy (non-hydrogen) atoms. The van der Waals surface area contributed by atoms with Crippen molar-refractivity contribution in [3.05, 3.63) is 0 Å². The zero-order chi connectivity index (χ0) is 24.4.